The van der Waals surface area contributed by atoms with Crippen LogP contribution in [0.4, 0.5) is 0 Å². The van der Waals surface area contributed by atoms with Gasteiger partial charge in [-0.2, -0.15) is 0 Å². The number of benzene rings is 1. The summed E-state index contributed by atoms with van der Waals surface area (Å²) in [6.45, 7) is 4.02. The van der Waals surface area contributed by atoms with Gasteiger partial charge in [0, 0.05) is 10.0 Å². The van der Waals surface area contributed by atoms with Gasteiger partial charge in [0.25, 0.3) is 5.56 Å². The molecule has 0 bridgehead atoms. The van der Waals surface area contributed by atoms with Crippen molar-refractivity contribution in [2.45, 2.75) is 19.8 Å². The first kappa shape index (κ1) is 15.0. The molecule has 0 unspecified atom stereocenters. The predicted molar refractivity (Wildman–Crippen MR) is 89.8 cm³/mol. The number of hydrogen-bond donors (Lipinski definition) is 1. The molecule has 19 heavy (non-hydrogen) atoms. The van der Waals surface area contributed by atoms with Crippen LogP contribution < -0.4 is 5.56 Å². The fourth-order valence-electron chi connectivity index (χ4n) is 1.67. The monoisotopic (exact) mass is 452 g/mol. The number of aromatic nitrogens is 2. The van der Waals surface area contributed by atoms with Gasteiger partial charge in [-0.15, -0.1) is 0 Å². The van der Waals surface area contributed by atoms with E-state index in [-0.39, 0.29) is 11.5 Å². The summed E-state index contributed by atoms with van der Waals surface area (Å²) >= 11 is 11.6. The van der Waals surface area contributed by atoms with Crippen molar-refractivity contribution < 1.29 is 0 Å². The molecule has 0 atom stereocenters. The zero-order valence-electron chi connectivity index (χ0n) is 10.3. The summed E-state index contributed by atoms with van der Waals surface area (Å²) in [7, 11) is 0. The molecule has 6 heteroatoms. The van der Waals surface area contributed by atoms with E-state index in [0.717, 1.165) is 10.2 Å². The Morgan fingerprint density at radius 3 is 2.74 bits per heavy atom. The third-order valence-corrected chi connectivity index (χ3v) is 4.48. The first-order chi connectivity index (χ1) is 8.90. The lowest BCUT2D eigenvalue weighted by molar-refractivity contribution is 0.802. The summed E-state index contributed by atoms with van der Waals surface area (Å²) in [6.07, 6.45) is 0. The Morgan fingerprint density at radius 2 is 2.11 bits per heavy atom. The molecule has 0 saturated carbocycles. The molecule has 3 nitrogen and oxygen atoms in total. The standard InChI is InChI=1S/C13H11BrClIN2O/c1-6(2)11-10(16)13(19)18-12(17-11)8-5-7(14)3-4-9(8)15/h3-6H,1-2H3,(H,17,18,19). The third kappa shape index (κ3) is 3.20. The minimum atomic E-state index is -0.134. The lowest BCUT2D eigenvalue weighted by Gasteiger charge is -2.10. The van der Waals surface area contributed by atoms with Gasteiger partial charge in [0.1, 0.15) is 5.82 Å². The van der Waals surface area contributed by atoms with Gasteiger partial charge in [-0.3, -0.25) is 4.79 Å². The van der Waals surface area contributed by atoms with Crippen molar-refractivity contribution in [2.75, 3.05) is 0 Å². The Morgan fingerprint density at radius 1 is 1.42 bits per heavy atom. The molecule has 1 aromatic heterocycles. The van der Waals surface area contributed by atoms with Crippen LogP contribution >= 0.6 is 50.1 Å². The average Bonchev–Trinajstić information content (AvgIpc) is 2.35. The number of halogens is 3. The normalized spacial score (nSPS) is 11.1. The van der Waals surface area contributed by atoms with Gasteiger partial charge in [0.05, 0.1) is 14.3 Å². The van der Waals surface area contributed by atoms with Crippen molar-refractivity contribution >= 4 is 50.1 Å². The van der Waals surface area contributed by atoms with Crippen molar-refractivity contribution in [3.8, 4) is 11.4 Å². The van der Waals surface area contributed by atoms with E-state index >= 15 is 0 Å². The summed E-state index contributed by atoms with van der Waals surface area (Å²) in [6, 6.07) is 5.46. The third-order valence-electron chi connectivity index (χ3n) is 2.62. The molecular formula is C13H11BrClIN2O. The second-order valence-corrected chi connectivity index (χ2v) is 6.79. The molecule has 0 aliphatic rings. The van der Waals surface area contributed by atoms with Crippen molar-refractivity contribution in [3.05, 3.63) is 47.3 Å². The molecule has 100 valence electrons. The van der Waals surface area contributed by atoms with Crippen molar-refractivity contribution in [1.29, 1.82) is 0 Å². The summed E-state index contributed by atoms with van der Waals surface area (Å²) in [5, 5.41) is 0.558. The minimum absolute atomic E-state index is 0.134. The molecule has 0 saturated heterocycles. The molecule has 1 heterocycles. The number of H-pyrrole nitrogens is 1. The number of nitrogens with one attached hydrogen (secondary N) is 1. The second kappa shape index (κ2) is 5.93. The molecular weight excluding hydrogens is 442 g/mol. The molecule has 1 N–H and O–H groups in total. The zero-order chi connectivity index (χ0) is 14.2. The first-order valence-corrected chi connectivity index (χ1v) is 7.90. The maximum absolute atomic E-state index is 12.0. The summed E-state index contributed by atoms with van der Waals surface area (Å²) in [5.74, 6) is 0.680. The van der Waals surface area contributed by atoms with Crippen LogP contribution in [0.2, 0.25) is 5.02 Å². The summed E-state index contributed by atoms with van der Waals surface area (Å²) in [4.78, 5) is 19.3. The van der Waals surface area contributed by atoms with Crippen LogP contribution in [-0.2, 0) is 0 Å². The number of rotatable bonds is 2. The van der Waals surface area contributed by atoms with E-state index in [1.807, 2.05) is 48.6 Å². The van der Waals surface area contributed by atoms with E-state index in [2.05, 4.69) is 25.9 Å². The quantitative estimate of drug-likeness (QED) is 0.677. The largest absolute Gasteiger partial charge is 0.306 e. The number of hydrogen-bond acceptors (Lipinski definition) is 2. The molecule has 0 aliphatic heterocycles. The molecule has 0 amide bonds. The lowest BCUT2D eigenvalue weighted by atomic mass is 10.1. The van der Waals surface area contributed by atoms with Crippen LogP contribution in [-0.4, -0.2) is 9.97 Å². The maximum atomic E-state index is 12.0. The Labute approximate surface area is 138 Å². The van der Waals surface area contributed by atoms with Gasteiger partial charge in [-0.05, 0) is 46.7 Å². The number of nitrogens with zero attached hydrogens (tertiary/aromatic N) is 1. The van der Waals surface area contributed by atoms with Crippen molar-refractivity contribution in [3.63, 3.8) is 0 Å². The highest BCUT2D eigenvalue weighted by Crippen LogP contribution is 2.29. The number of aromatic amines is 1. The second-order valence-electron chi connectivity index (χ2n) is 4.39. The fraction of sp³-hybridized carbons (Fsp3) is 0.231. The van der Waals surface area contributed by atoms with E-state index in [9.17, 15) is 4.79 Å². The van der Waals surface area contributed by atoms with E-state index in [0.29, 0.717) is 20.0 Å². The van der Waals surface area contributed by atoms with Crippen molar-refractivity contribution in [1.82, 2.24) is 9.97 Å². The van der Waals surface area contributed by atoms with Gasteiger partial charge >= 0.3 is 0 Å². The Bertz CT molecular complexity index is 685. The van der Waals surface area contributed by atoms with E-state index in [1.54, 1.807) is 6.07 Å². The molecule has 0 radical (unpaired) electrons. The molecule has 2 aromatic rings. The molecule has 2 rings (SSSR count). The summed E-state index contributed by atoms with van der Waals surface area (Å²) in [5.41, 5.74) is 1.37. The van der Waals surface area contributed by atoms with E-state index in [4.69, 9.17) is 11.6 Å². The van der Waals surface area contributed by atoms with Crippen LogP contribution in [0, 0.1) is 3.57 Å². The van der Waals surface area contributed by atoms with Crippen LogP contribution in [0.5, 0.6) is 0 Å². The van der Waals surface area contributed by atoms with E-state index in [1.165, 1.54) is 0 Å². The zero-order valence-corrected chi connectivity index (χ0v) is 14.8. The van der Waals surface area contributed by atoms with Crippen LogP contribution in [0.15, 0.2) is 27.5 Å². The van der Waals surface area contributed by atoms with Gasteiger partial charge in [0.15, 0.2) is 0 Å². The Kier molecular flexibility index (Phi) is 4.68. The van der Waals surface area contributed by atoms with Crippen LogP contribution in [0.1, 0.15) is 25.5 Å². The van der Waals surface area contributed by atoms with Crippen LogP contribution in [0.25, 0.3) is 11.4 Å². The smallest absolute Gasteiger partial charge is 0.264 e. The first-order valence-electron chi connectivity index (χ1n) is 5.65. The maximum Gasteiger partial charge on any atom is 0.264 e. The van der Waals surface area contributed by atoms with Gasteiger partial charge < -0.3 is 4.98 Å². The van der Waals surface area contributed by atoms with Crippen molar-refractivity contribution in [2.24, 2.45) is 0 Å². The van der Waals surface area contributed by atoms with Gasteiger partial charge in [-0.1, -0.05) is 41.4 Å². The molecule has 1 aromatic carbocycles. The van der Waals surface area contributed by atoms with Gasteiger partial charge in [0.2, 0.25) is 0 Å². The molecule has 0 spiro atoms. The lowest BCUT2D eigenvalue weighted by Crippen LogP contribution is -2.17. The Hall–Kier alpha value is -0.400. The topological polar surface area (TPSA) is 45.8 Å². The fourth-order valence-corrected chi connectivity index (χ4v) is 3.11. The highest BCUT2D eigenvalue weighted by atomic mass is 127. The highest BCUT2D eigenvalue weighted by molar-refractivity contribution is 14.1. The molecule has 0 fully saturated rings. The summed E-state index contributed by atoms with van der Waals surface area (Å²) < 4.78 is 1.52. The SMILES string of the molecule is CC(C)c1nc(-c2cc(Br)ccc2Cl)[nH]c(=O)c1I. The Balaban J connectivity index is 2.70. The average molecular weight is 454 g/mol. The predicted octanol–water partition coefficient (Wildman–Crippen LogP) is 4.58. The van der Waals surface area contributed by atoms with Gasteiger partial charge in [-0.25, -0.2) is 4.98 Å². The minimum Gasteiger partial charge on any atom is -0.306 e. The highest BCUT2D eigenvalue weighted by Gasteiger charge is 2.14. The van der Waals surface area contributed by atoms with Crippen LogP contribution in [0.3, 0.4) is 0 Å². The molecule has 0 aliphatic carbocycles. The van der Waals surface area contributed by atoms with E-state index < -0.39 is 0 Å².